The van der Waals surface area contributed by atoms with Crippen LogP contribution in [0.25, 0.3) is 0 Å². The first-order valence-corrected chi connectivity index (χ1v) is 1.17. The van der Waals surface area contributed by atoms with Crippen molar-refractivity contribution in [2.75, 3.05) is 0 Å². The normalized spacial score (nSPS) is 7.88. The maximum Gasteiger partial charge on any atom is 2.00 e. The van der Waals surface area contributed by atoms with E-state index in [0.717, 1.165) is 0 Å². The summed E-state index contributed by atoms with van der Waals surface area (Å²) in [6.07, 6.45) is 0. The molecule has 0 saturated heterocycles. The van der Waals surface area contributed by atoms with E-state index in [1.165, 1.54) is 0 Å². The molecule has 0 heterocycles. The second-order valence-electron chi connectivity index (χ2n) is 0.556. The van der Waals surface area contributed by atoms with E-state index >= 15 is 0 Å². The van der Waals surface area contributed by atoms with Gasteiger partial charge in [0, 0.05) is 0 Å². The Kier molecular flexibility index (Phi) is 12.3. The van der Waals surface area contributed by atoms with Crippen LogP contribution in [0.15, 0.2) is 0 Å². The van der Waals surface area contributed by atoms with Gasteiger partial charge in [0.25, 0.3) is 0 Å². The van der Waals surface area contributed by atoms with Crippen molar-refractivity contribution in [3.63, 3.8) is 0 Å². The van der Waals surface area contributed by atoms with Crippen molar-refractivity contribution in [3.05, 3.63) is 0 Å². The second kappa shape index (κ2) is 8.22. The van der Waals surface area contributed by atoms with Crippen LogP contribution < -0.4 is 0 Å². The summed E-state index contributed by atoms with van der Waals surface area (Å²) < 4.78 is 31.3. The first-order chi connectivity index (χ1) is 3.35. The summed E-state index contributed by atoms with van der Waals surface area (Å²) in [5.74, 6) is 0. The predicted molar refractivity (Wildman–Crippen MR) is 20.3 cm³/mol. The molecule has 0 amide bonds. The topological polar surface area (TPSA) is 27.7 Å². The van der Waals surface area contributed by atoms with E-state index in [4.69, 9.17) is 0 Å². The number of rotatable bonds is 3. The molecule has 8 heavy (non-hydrogen) atoms. The Bertz CT molecular complexity index is 43.2. The van der Waals surface area contributed by atoms with Gasteiger partial charge in [-0.15, -0.1) is 0 Å². The first-order valence-electron chi connectivity index (χ1n) is 1.17. The van der Waals surface area contributed by atoms with E-state index in [1.54, 1.807) is 0 Å². The summed E-state index contributed by atoms with van der Waals surface area (Å²) in [5, 5.41) is 0. The average Bonchev–Trinajstić information content (AvgIpc) is 1.72. The minimum atomic E-state index is -2.51. The van der Waals surface area contributed by atoms with E-state index in [0.29, 0.717) is 0 Å². The van der Waals surface area contributed by atoms with E-state index in [-0.39, 0.29) is 48.3 Å². The van der Waals surface area contributed by atoms with Crippen molar-refractivity contribution < 1.29 is 31.0 Å². The van der Waals surface area contributed by atoms with Crippen LogP contribution in [0.5, 0.6) is 0 Å². The third kappa shape index (κ3) is 5.35. The van der Waals surface area contributed by atoms with E-state index < -0.39 is 7.32 Å². The van der Waals surface area contributed by atoms with Gasteiger partial charge in [0.2, 0.25) is 0 Å². The fourth-order valence-electron chi connectivity index (χ4n) is 0.0412. The average molecular weight is 205 g/mol. The summed E-state index contributed by atoms with van der Waals surface area (Å²) in [5.41, 5.74) is 0. The van der Waals surface area contributed by atoms with Crippen molar-refractivity contribution in [3.8, 4) is 0 Å². The van der Waals surface area contributed by atoms with Crippen molar-refractivity contribution >= 4 is 52.8 Å². The number of hydrogen-bond donors (Lipinski definition) is 0. The largest absolute Gasteiger partial charge is 2.00 e. The van der Waals surface area contributed by atoms with Crippen LogP contribution in [0, 0.1) is 0 Å². The van der Waals surface area contributed by atoms with E-state index in [9.17, 15) is 13.6 Å². The van der Waals surface area contributed by atoms with E-state index in [2.05, 4.69) is 14.6 Å². The van der Waals surface area contributed by atoms with Crippen molar-refractivity contribution in [1.82, 2.24) is 0 Å². The molecule has 0 aromatic heterocycles. The SMILES string of the molecule is FOB(OF)OF.[H-].[H-].[Sr+2]. The van der Waals surface area contributed by atoms with Gasteiger partial charge in [-0.1, -0.05) is 13.6 Å². The van der Waals surface area contributed by atoms with Crippen LogP contribution in [-0.2, 0) is 14.6 Å². The number of halogens is 3. The third-order valence-electron chi connectivity index (χ3n) is 0.218. The monoisotopic (exact) mass is 206 g/mol. The summed E-state index contributed by atoms with van der Waals surface area (Å²) >= 11 is 0. The quantitative estimate of drug-likeness (QED) is 0.629. The molecule has 0 aliphatic heterocycles. The predicted octanol–water partition coefficient (Wildman–Crippen LogP) is 0.519. The molecule has 0 atom stereocenters. The fourth-order valence-corrected chi connectivity index (χ4v) is 0.0412. The Morgan fingerprint density at radius 2 is 1.25 bits per heavy atom. The van der Waals surface area contributed by atoms with Gasteiger partial charge in [-0.3, -0.25) is 0 Å². The minimum Gasteiger partial charge on any atom is -1.00 e. The molecule has 0 radical (unpaired) electrons. The zero-order chi connectivity index (χ0) is 5.70. The molecule has 0 N–H and O–H groups in total. The molecule has 0 saturated carbocycles. The van der Waals surface area contributed by atoms with Crippen molar-refractivity contribution in [1.29, 1.82) is 0 Å². The van der Waals surface area contributed by atoms with Crippen molar-refractivity contribution in [2.24, 2.45) is 0 Å². The Morgan fingerprint density at radius 1 is 1.00 bits per heavy atom. The van der Waals surface area contributed by atoms with Gasteiger partial charge in [0.15, 0.2) is 0 Å². The smallest absolute Gasteiger partial charge is 1.00 e. The molecule has 0 bridgehead atoms. The fraction of sp³-hybridized carbons (Fsp3) is 0. The molecule has 0 fully saturated rings. The van der Waals surface area contributed by atoms with Gasteiger partial charge in [0.1, 0.15) is 0 Å². The summed E-state index contributed by atoms with van der Waals surface area (Å²) in [6, 6.07) is 0. The zero-order valence-electron chi connectivity index (χ0n) is 5.64. The maximum atomic E-state index is 10.4. The Labute approximate surface area is 83.2 Å². The molecular formula is H2BF3O3Sr. The van der Waals surface area contributed by atoms with Crippen LogP contribution in [0.1, 0.15) is 2.85 Å². The molecule has 0 aromatic carbocycles. The van der Waals surface area contributed by atoms with Gasteiger partial charge in [-0.05, 0) is 0 Å². The Balaban J connectivity index is -0.0000000600. The molecule has 0 aliphatic rings. The second-order valence-corrected chi connectivity index (χ2v) is 0.556. The van der Waals surface area contributed by atoms with E-state index in [1.807, 2.05) is 0 Å². The van der Waals surface area contributed by atoms with Gasteiger partial charge in [0.05, 0.1) is 0 Å². The standard InChI is InChI=1S/BF3O3.Sr.2H/c2-5-1(6-3)7-4;;;/q;+2;2*-1. The van der Waals surface area contributed by atoms with Gasteiger partial charge >= 0.3 is 52.8 Å². The van der Waals surface area contributed by atoms with Gasteiger partial charge < -0.3 is 2.85 Å². The summed E-state index contributed by atoms with van der Waals surface area (Å²) in [7, 11) is -2.51. The molecule has 0 aliphatic carbocycles. The van der Waals surface area contributed by atoms with Gasteiger partial charge in [-0.25, -0.2) is 0 Å². The van der Waals surface area contributed by atoms with Crippen LogP contribution >= 0.6 is 0 Å². The van der Waals surface area contributed by atoms with Crippen LogP contribution in [0.2, 0.25) is 0 Å². The molecule has 8 heteroatoms. The maximum absolute atomic E-state index is 10.4. The molecule has 0 rings (SSSR count). The Morgan fingerprint density at radius 3 is 1.25 bits per heavy atom. The molecule has 46 valence electrons. The van der Waals surface area contributed by atoms with Crippen LogP contribution in [-0.4, -0.2) is 52.8 Å². The first kappa shape index (κ1) is 11.9. The number of hydrogen-bond acceptors (Lipinski definition) is 3. The molecule has 0 aromatic rings. The van der Waals surface area contributed by atoms with Crippen molar-refractivity contribution in [2.45, 2.75) is 0 Å². The molecule has 0 spiro atoms. The summed E-state index contributed by atoms with van der Waals surface area (Å²) in [4.78, 5) is 7.06. The van der Waals surface area contributed by atoms with Gasteiger partial charge in [-0.2, -0.15) is 14.6 Å². The zero-order valence-corrected chi connectivity index (χ0v) is 7.12. The Hall–Kier alpha value is 1.22. The summed E-state index contributed by atoms with van der Waals surface area (Å²) in [6.45, 7) is 0. The molecular weight excluding hydrogens is 203 g/mol. The van der Waals surface area contributed by atoms with Crippen LogP contribution in [0.3, 0.4) is 0 Å². The molecule has 3 nitrogen and oxygen atoms in total. The van der Waals surface area contributed by atoms with Crippen LogP contribution in [0.4, 0.5) is 13.6 Å². The minimum absolute atomic E-state index is 0. The third-order valence-corrected chi connectivity index (χ3v) is 0.218. The molecule has 0 unspecified atom stereocenters.